The standard InChI is InChI=1S/C22H19N3O2S2/c1-2-11-27-18-10-6-7-15(12-18)20-16(13-19-21(26)23-22(28)29-19)14-25(24-20)17-8-4-3-5-9-17/h3-10,12-14H,2,11H2,1H3,(H,23,26,28). The van der Waals surface area contributed by atoms with Crippen molar-refractivity contribution in [2.75, 3.05) is 6.61 Å². The van der Waals surface area contributed by atoms with Crippen LogP contribution in [0.4, 0.5) is 0 Å². The number of nitrogens with zero attached hydrogens (tertiary/aromatic N) is 2. The number of thioether (sulfide) groups is 1. The van der Waals surface area contributed by atoms with Crippen LogP contribution in [0.3, 0.4) is 0 Å². The van der Waals surface area contributed by atoms with Gasteiger partial charge in [-0.2, -0.15) is 5.10 Å². The van der Waals surface area contributed by atoms with E-state index in [1.165, 1.54) is 11.8 Å². The first-order valence-corrected chi connectivity index (χ1v) is 10.5. The number of amides is 1. The van der Waals surface area contributed by atoms with Crippen LogP contribution >= 0.6 is 24.0 Å². The molecule has 1 aromatic heterocycles. The molecule has 5 nitrogen and oxygen atoms in total. The van der Waals surface area contributed by atoms with E-state index < -0.39 is 0 Å². The number of carbonyl (C=O) groups is 1. The van der Waals surface area contributed by atoms with Crippen LogP contribution in [0.25, 0.3) is 23.0 Å². The molecule has 2 heterocycles. The minimum Gasteiger partial charge on any atom is -0.494 e. The number of thiocarbonyl (C=S) groups is 1. The van der Waals surface area contributed by atoms with Gasteiger partial charge in [-0.3, -0.25) is 4.79 Å². The van der Waals surface area contributed by atoms with Crippen molar-refractivity contribution in [3.8, 4) is 22.7 Å². The zero-order chi connectivity index (χ0) is 20.2. The van der Waals surface area contributed by atoms with Gasteiger partial charge in [0.15, 0.2) is 0 Å². The fraction of sp³-hybridized carbons (Fsp3) is 0.136. The number of carbonyl (C=O) groups excluding carboxylic acids is 1. The van der Waals surface area contributed by atoms with Crippen LogP contribution in [-0.2, 0) is 4.79 Å². The minimum atomic E-state index is -0.182. The molecule has 0 saturated carbocycles. The highest BCUT2D eigenvalue weighted by Crippen LogP contribution is 2.32. The van der Waals surface area contributed by atoms with Crippen molar-refractivity contribution in [3.63, 3.8) is 0 Å². The second-order valence-corrected chi connectivity index (χ2v) is 8.16. The number of rotatable bonds is 6. The lowest BCUT2D eigenvalue weighted by Gasteiger charge is -2.06. The summed E-state index contributed by atoms with van der Waals surface area (Å²) in [4.78, 5) is 12.7. The Balaban J connectivity index is 1.79. The van der Waals surface area contributed by atoms with Gasteiger partial charge in [-0.05, 0) is 36.8 Å². The highest BCUT2D eigenvalue weighted by molar-refractivity contribution is 8.26. The third-order valence-corrected chi connectivity index (χ3v) is 5.43. The van der Waals surface area contributed by atoms with E-state index in [0.717, 1.165) is 34.7 Å². The van der Waals surface area contributed by atoms with Crippen LogP contribution in [0.1, 0.15) is 18.9 Å². The van der Waals surface area contributed by atoms with E-state index in [9.17, 15) is 4.79 Å². The topological polar surface area (TPSA) is 56.1 Å². The fourth-order valence-corrected chi connectivity index (χ4v) is 3.98. The third-order valence-electron chi connectivity index (χ3n) is 4.27. The first-order chi connectivity index (χ1) is 14.1. The molecule has 0 atom stereocenters. The Kier molecular flexibility index (Phi) is 5.78. The second-order valence-electron chi connectivity index (χ2n) is 6.44. The number of hydrogen-bond donors (Lipinski definition) is 1. The Hall–Kier alpha value is -2.90. The van der Waals surface area contributed by atoms with Crippen molar-refractivity contribution in [1.29, 1.82) is 0 Å². The number of benzene rings is 2. The van der Waals surface area contributed by atoms with E-state index in [0.29, 0.717) is 15.8 Å². The summed E-state index contributed by atoms with van der Waals surface area (Å²) < 4.78 is 8.06. The van der Waals surface area contributed by atoms with Crippen LogP contribution in [0, 0.1) is 0 Å². The Morgan fingerprint density at radius 1 is 1.21 bits per heavy atom. The molecule has 7 heteroatoms. The fourth-order valence-electron chi connectivity index (χ4n) is 2.95. The smallest absolute Gasteiger partial charge is 0.263 e. The number of nitrogens with one attached hydrogen (secondary N) is 1. The Morgan fingerprint density at radius 3 is 2.76 bits per heavy atom. The van der Waals surface area contributed by atoms with Crippen molar-refractivity contribution in [3.05, 3.63) is 71.3 Å². The molecule has 146 valence electrons. The van der Waals surface area contributed by atoms with E-state index in [-0.39, 0.29) is 5.91 Å². The summed E-state index contributed by atoms with van der Waals surface area (Å²) in [5.41, 5.74) is 3.47. The lowest BCUT2D eigenvalue weighted by atomic mass is 10.1. The molecule has 0 radical (unpaired) electrons. The molecule has 1 saturated heterocycles. The summed E-state index contributed by atoms with van der Waals surface area (Å²) in [6, 6.07) is 17.7. The van der Waals surface area contributed by atoms with Crippen LogP contribution in [0.15, 0.2) is 65.7 Å². The van der Waals surface area contributed by atoms with Crippen molar-refractivity contribution in [1.82, 2.24) is 15.1 Å². The molecule has 1 fully saturated rings. The lowest BCUT2D eigenvalue weighted by Crippen LogP contribution is -2.17. The largest absolute Gasteiger partial charge is 0.494 e. The molecule has 1 amide bonds. The molecule has 4 rings (SSSR count). The Labute approximate surface area is 178 Å². The SMILES string of the molecule is CCCOc1cccc(-c2nn(-c3ccccc3)cc2C=C2SC(=S)NC2=O)c1. The van der Waals surface area contributed by atoms with E-state index in [1.54, 1.807) is 0 Å². The van der Waals surface area contributed by atoms with Crippen molar-refractivity contribution in [2.45, 2.75) is 13.3 Å². The lowest BCUT2D eigenvalue weighted by molar-refractivity contribution is -0.115. The summed E-state index contributed by atoms with van der Waals surface area (Å²) in [6.45, 7) is 2.73. The van der Waals surface area contributed by atoms with Gasteiger partial charge in [-0.15, -0.1) is 0 Å². The van der Waals surface area contributed by atoms with E-state index in [2.05, 4.69) is 12.2 Å². The molecule has 29 heavy (non-hydrogen) atoms. The van der Waals surface area contributed by atoms with Crippen LogP contribution in [0.5, 0.6) is 5.75 Å². The van der Waals surface area contributed by atoms with Gasteiger partial charge < -0.3 is 10.1 Å². The highest BCUT2D eigenvalue weighted by atomic mass is 32.2. The summed E-state index contributed by atoms with van der Waals surface area (Å²) >= 11 is 6.37. The predicted octanol–water partition coefficient (Wildman–Crippen LogP) is 4.82. The van der Waals surface area contributed by atoms with Crippen molar-refractivity contribution < 1.29 is 9.53 Å². The number of ether oxygens (including phenoxy) is 1. The number of aromatic nitrogens is 2. The highest BCUT2D eigenvalue weighted by Gasteiger charge is 2.23. The monoisotopic (exact) mass is 421 g/mol. The van der Waals surface area contributed by atoms with E-state index in [4.69, 9.17) is 22.1 Å². The maximum absolute atomic E-state index is 12.2. The van der Waals surface area contributed by atoms with Gasteiger partial charge in [0.25, 0.3) is 5.91 Å². The van der Waals surface area contributed by atoms with Crippen molar-refractivity contribution in [2.24, 2.45) is 0 Å². The van der Waals surface area contributed by atoms with Gasteiger partial charge in [0.2, 0.25) is 0 Å². The average molecular weight is 422 g/mol. The van der Waals surface area contributed by atoms with Gasteiger partial charge in [0.1, 0.15) is 15.8 Å². The molecule has 1 aliphatic heterocycles. The Bertz CT molecular complexity index is 1090. The van der Waals surface area contributed by atoms with E-state index in [1.807, 2.05) is 71.6 Å². The van der Waals surface area contributed by atoms with E-state index >= 15 is 0 Å². The van der Waals surface area contributed by atoms with Crippen molar-refractivity contribution >= 4 is 40.3 Å². The average Bonchev–Trinajstić information content (AvgIpc) is 3.30. The van der Waals surface area contributed by atoms with Gasteiger partial charge >= 0.3 is 0 Å². The van der Waals surface area contributed by atoms with Gasteiger partial charge in [0, 0.05) is 17.3 Å². The van der Waals surface area contributed by atoms with Gasteiger partial charge in [-0.25, -0.2) is 4.68 Å². The molecule has 1 aliphatic rings. The molecule has 0 bridgehead atoms. The zero-order valence-corrected chi connectivity index (χ0v) is 17.4. The maximum Gasteiger partial charge on any atom is 0.263 e. The van der Waals surface area contributed by atoms with Crippen LogP contribution in [0.2, 0.25) is 0 Å². The molecular formula is C22H19N3O2S2. The first-order valence-electron chi connectivity index (χ1n) is 9.27. The number of para-hydroxylation sites is 1. The maximum atomic E-state index is 12.2. The quantitative estimate of drug-likeness (QED) is 0.457. The normalized spacial score (nSPS) is 15.0. The molecule has 1 N–H and O–H groups in total. The van der Waals surface area contributed by atoms with Crippen LogP contribution < -0.4 is 10.1 Å². The second kappa shape index (κ2) is 8.63. The molecule has 2 aromatic carbocycles. The Morgan fingerprint density at radius 2 is 2.03 bits per heavy atom. The summed E-state index contributed by atoms with van der Waals surface area (Å²) in [5.74, 6) is 0.616. The summed E-state index contributed by atoms with van der Waals surface area (Å²) in [7, 11) is 0. The predicted molar refractivity (Wildman–Crippen MR) is 121 cm³/mol. The minimum absolute atomic E-state index is 0.182. The summed E-state index contributed by atoms with van der Waals surface area (Å²) in [6.07, 6.45) is 4.70. The molecule has 3 aromatic rings. The summed E-state index contributed by atoms with van der Waals surface area (Å²) in [5, 5.41) is 7.46. The first kappa shape index (κ1) is 19.4. The van der Waals surface area contributed by atoms with Crippen LogP contribution in [-0.4, -0.2) is 26.6 Å². The molecule has 0 spiro atoms. The van der Waals surface area contributed by atoms with Gasteiger partial charge in [0.05, 0.1) is 17.2 Å². The third kappa shape index (κ3) is 4.41. The number of hydrogen-bond acceptors (Lipinski definition) is 5. The molecule has 0 aliphatic carbocycles. The molecular weight excluding hydrogens is 402 g/mol. The van der Waals surface area contributed by atoms with Gasteiger partial charge in [-0.1, -0.05) is 61.2 Å². The molecule has 0 unspecified atom stereocenters. The zero-order valence-electron chi connectivity index (χ0n) is 15.8.